The fourth-order valence-electron chi connectivity index (χ4n) is 2.88. The van der Waals surface area contributed by atoms with Crippen molar-refractivity contribution in [3.05, 3.63) is 28.0 Å². The maximum Gasteiger partial charge on any atom is 0.314 e. The van der Waals surface area contributed by atoms with Gasteiger partial charge in [0.1, 0.15) is 0 Å². The first kappa shape index (κ1) is 14.3. The lowest BCUT2D eigenvalue weighted by Crippen LogP contribution is -2.38. The Bertz CT molecular complexity index is 496. The van der Waals surface area contributed by atoms with E-state index in [1.54, 1.807) is 6.07 Å². The largest absolute Gasteiger partial charge is 0.493 e. The zero-order valence-corrected chi connectivity index (χ0v) is 12.3. The third-order valence-electron chi connectivity index (χ3n) is 3.84. The number of ether oxygens (including phenoxy) is 1. The Labute approximate surface area is 119 Å². The maximum atomic E-state index is 14.0. The van der Waals surface area contributed by atoms with E-state index in [0.29, 0.717) is 22.9 Å². The van der Waals surface area contributed by atoms with E-state index in [1.807, 2.05) is 0 Å². The molecule has 0 saturated heterocycles. The van der Waals surface area contributed by atoms with Crippen molar-refractivity contribution in [2.24, 2.45) is 0 Å². The van der Waals surface area contributed by atoms with Crippen LogP contribution in [0.25, 0.3) is 0 Å². The number of hydrogen-bond donors (Lipinski definition) is 1. The lowest BCUT2D eigenvalue weighted by atomic mass is 9.69. The number of carboxylic acids is 1. The van der Waals surface area contributed by atoms with Crippen LogP contribution in [-0.4, -0.2) is 18.2 Å². The highest BCUT2D eigenvalue weighted by Crippen LogP contribution is 2.45. The number of carboxylic acid groups (broad SMARTS) is 1. The summed E-state index contributed by atoms with van der Waals surface area (Å²) >= 11 is 3.23. The average molecular weight is 331 g/mol. The van der Waals surface area contributed by atoms with E-state index in [9.17, 15) is 14.3 Å². The van der Waals surface area contributed by atoms with E-state index in [0.717, 1.165) is 19.3 Å². The summed E-state index contributed by atoms with van der Waals surface area (Å²) in [5.74, 6) is -1.38. The first-order valence-electron chi connectivity index (χ1n) is 6.28. The second-order valence-corrected chi connectivity index (χ2v) is 5.83. The van der Waals surface area contributed by atoms with Crippen molar-refractivity contribution in [1.29, 1.82) is 0 Å². The predicted octanol–water partition coefficient (Wildman–Crippen LogP) is 3.88. The van der Waals surface area contributed by atoms with Gasteiger partial charge in [0.05, 0.1) is 12.5 Å². The van der Waals surface area contributed by atoms with Crippen LogP contribution in [0, 0.1) is 5.82 Å². The minimum absolute atomic E-state index is 0.0486. The fourth-order valence-corrected chi connectivity index (χ4v) is 3.31. The number of aliphatic carboxylic acids is 1. The van der Waals surface area contributed by atoms with Crippen LogP contribution < -0.4 is 4.74 Å². The van der Waals surface area contributed by atoms with Gasteiger partial charge in [0, 0.05) is 10.0 Å². The number of benzene rings is 1. The maximum absolute atomic E-state index is 14.0. The van der Waals surface area contributed by atoms with Gasteiger partial charge in [-0.15, -0.1) is 0 Å². The summed E-state index contributed by atoms with van der Waals surface area (Å²) in [5, 5.41) is 9.65. The van der Waals surface area contributed by atoms with Gasteiger partial charge in [0.25, 0.3) is 0 Å². The molecule has 19 heavy (non-hydrogen) atoms. The van der Waals surface area contributed by atoms with E-state index < -0.39 is 17.2 Å². The third-order valence-corrected chi connectivity index (χ3v) is 4.30. The molecule has 0 heterocycles. The Balaban J connectivity index is 2.62. The minimum atomic E-state index is -1.03. The number of rotatable bonds is 3. The van der Waals surface area contributed by atoms with Gasteiger partial charge in [-0.3, -0.25) is 4.79 Å². The fraction of sp³-hybridized carbons (Fsp3) is 0.500. The van der Waals surface area contributed by atoms with E-state index in [2.05, 4.69) is 15.9 Å². The number of carbonyl (C=O) groups is 1. The number of halogens is 2. The van der Waals surface area contributed by atoms with Crippen molar-refractivity contribution >= 4 is 21.9 Å². The molecule has 0 aliphatic heterocycles. The highest BCUT2D eigenvalue weighted by atomic mass is 79.9. The highest BCUT2D eigenvalue weighted by molar-refractivity contribution is 9.10. The molecule has 0 aromatic heterocycles. The summed E-state index contributed by atoms with van der Waals surface area (Å²) in [6.45, 7) is 0. The molecule has 104 valence electrons. The molecule has 1 saturated carbocycles. The standard InChI is InChI=1S/C14H16BrFO3/c1-19-12-10(7-9(15)8-11(12)16)14(13(17)18)5-3-2-4-6-14/h7-8H,2-6H2,1H3,(H,17,18). The molecule has 0 amide bonds. The van der Waals surface area contributed by atoms with Crippen molar-refractivity contribution in [3.8, 4) is 5.75 Å². The zero-order chi connectivity index (χ0) is 14.0. The van der Waals surface area contributed by atoms with E-state index in [4.69, 9.17) is 4.74 Å². The monoisotopic (exact) mass is 330 g/mol. The molecule has 5 heteroatoms. The van der Waals surface area contributed by atoms with E-state index >= 15 is 0 Å². The summed E-state index contributed by atoms with van der Waals surface area (Å²) < 4.78 is 19.6. The molecule has 1 aliphatic rings. The van der Waals surface area contributed by atoms with E-state index in [-0.39, 0.29) is 5.75 Å². The zero-order valence-electron chi connectivity index (χ0n) is 10.7. The number of hydrogen-bond acceptors (Lipinski definition) is 2. The molecule has 1 aliphatic carbocycles. The normalized spacial score (nSPS) is 18.1. The highest BCUT2D eigenvalue weighted by Gasteiger charge is 2.44. The third kappa shape index (κ3) is 2.48. The molecule has 1 N–H and O–H groups in total. The van der Waals surface area contributed by atoms with Crippen molar-refractivity contribution in [3.63, 3.8) is 0 Å². The van der Waals surface area contributed by atoms with Gasteiger partial charge >= 0.3 is 5.97 Å². The molecule has 0 bridgehead atoms. The average Bonchev–Trinajstić information content (AvgIpc) is 2.38. The van der Waals surface area contributed by atoms with Crippen molar-refractivity contribution in [1.82, 2.24) is 0 Å². The second kappa shape index (κ2) is 5.49. The first-order chi connectivity index (χ1) is 9.01. The predicted molar refractivity (Wildman–Crippen MR) is 73.1 cm³/mol. The van der Waals surface area contributed by atoms with Crippen LogP contribution in [0.1, 0.15) is 37.7 Å². The van der Waals surface area contributed by atoms with Crippen molar-refractivity contribution < 1.29 is 19.0 Å². The van der Waals surface area contributed by atoms with Gasteiger partial charge in [0.2, 0.25) is 0 Å². The molecular formula is C14H16BrFO3. The van der Waals surface area contributed by atoms with E-state index in [1.165, 1.54) is 13.2 Å². The van der Waals surface area contributed by atoms with Crippen LogP contribution in [0.2, 0.25) is 0 Å². The quantitative estimate of drug-likeness (QED) is 0.914. The molecule has 2 rings (SSSR count). The van der Waals surface area contributed by atoms with Crippen molar-refractivity contribution in [2.45, 2.75) is 37.5 Å². The van der Waals surface area contributed by atoms with Crippen molar-refractivity contribution in [2.75, 3.05) is 7.11 Å². The molecule has 3 nitrogen and oxygen atoms in total. The van der Waals surface area contributed by atoms with Crippen LogP contribution in [0.3, 0.4) is 0 Å². The second-order valence-electron chi connectivity index (χ2n) is 4.92. The Kier molecular flexibility index (Phi) is 4.13. The molecule has 1 aromatic rings. The Morgan fingerprint density at radius 1 is 1.37 bits per heavy atom. The molecule has 1 aromatic carbocycles. The topological polar surface area (TPSA) is 46.5 Å². The molecule has 0 radical (unpaired) electrons. The summed E-state index contributed by atoms with van der Waals surface area (Å²) in [6.07, 6.45) is 3.74. The van der Waals surface area contributed by atoms with Gasteiger partial charge in [-0.1, -0.05) is 35.2 Å². The van der Waals surface area contributed by atoms with Gasteiger partial charge < -0.3 is 9.84 Å². The molecule has 0 atom stereocenters. The Hall–Kier alpha value is -1.10. The van der Waals surface area contributed by atoms with Crippen LogP contribution in [0.5, 0.6) is 5.75 Å². The number of methoxy groups -OCH3 is 1. The Morgan fingerprint density at radius 2 is 2.00 bits per heavy atom. The smallest absolute Gasteiger partial charge is 0.314 e. The first-order valence-corrected chi connectivity index (χ1v) is 7.07. The molecule has 0 spiro atoms. The Morgan fingerprint density at radius 3 is 2.53 bits per heavy atom. The SMILES string of the molecule is COc1c(F)cc(Br)cc1C1(C(=O)O)CCCCC1. The molecule has 0 unspecified atom stereocenters. The van der Waals surface area contributed by atoms with Crippen LogP contribution in [0.15, 0.2) is 16.6 Å². The summed E-state index contributed by atoms with van der Waals surface area (Å²) in [4.78, 5) is 11.8. The minimum Gasteiger partial charge on any atom is -0.493 e. The van der Waals surface area contributed by atoms with Gasteiger partial charge in [0.15, 0.2) is 11.6 Å². The van der Waals surface area contributed by atoms with Gasteiger partial charge in [-0.25, -0.2) is 4.39 Å². The lowest BCUT2D eigenvalue weighted by Gasteiger charge is -2.34. The molecular weight excluding hydrogens is 315 g/mol. The van der Waals surface area contributed by atoms with Crippen LogP contribution in [-0.2, 0) is 10.2 Å². The molecule has 1 fully saturated rings. The van der Waals surface area contributed by atoms with Gasteiger partial charge in [-0.2, -0.15) is 0 Å². The van der Waals surface area contributed by atoms with Gasteiger partial charge in [-0.05, 0) is 25.0 Å². The summed E-state index contributed by atoms with van der Waals surface area (Å²) in [5.41, 5.74) is -0.595. The summed E-state index contributed by atoms with van der Waals surface area (Å²) in [6, 6.07) is 2.96. The van der Waals surface area contributed by atoms with Crippen LogP contribution >= 0.6 is 15.9 Å². The van der Waals surface area contributed by atoms with Crippen LogP contribution in [0.4, 0.5) is 4.39 Å². The lowest BCUT2D eigenvalue weighted by molar-refractivity contribution is -0.145. The summed E-state index contributed by atoms with van der Waals surface area (Å²) in [7, 11) is 1.37.